The lowest BCUT2D eigenvalue weighted by molar-refractivity contribution is 0.260. The third-order valence-corrected chi connectivity index (χ3v) is 4.36. The minimum Gasteiger partial charge on any atom is -0.396 e. The predicted molar refractivity (Wildman–Crippen MR) is 77.0 cm³/mol. The van der Waals surface area contributed by atoms with E-state index in [4.69, 9.17) is 11.0 Å². The van der Waals surface area contributed by atoms with Crippen molar-refractivity contribution in [2.24, 2.45) is 0 Å². The molecular formula is C15H20N4. The average Bonchev–Trinajstić information content (AvgIpc) is 3.09. The molecule has 0 aliphatic carbocycles. The molecule has 2 fully saturated rings. The summed E-state index contributed by atoms with van der Waals surface area (Å²) >= 11 is 0. The molecule has 1 unspecified atom stereocenters. The highest BCUT2D eigenvalue weighted by atomic mass is 15.3. The molecule has 2 aliphatic heterocycles. The van der Waals surface area contributed by atoms with Crippen LogP contribution in [-0.4, -0.2) is 37.1 Å². The zero-order valence-corrected chi connectivity index (χ0v) is 11.2. The lowest BCUT2D eigenvalue weighted by Crippen LogP contribution is -2.35. The van der Waals surface area contributed by atoms with E-state index in [9.17, 15) is 0 Å². The molecule has 0 amide bonds. The summed E-state index contributed by atoms with van der Waals surface area (Å²) in [6.45, 7) is 4.57. The van der Waals surface area contributed by atoms with Crippen LogP contribution >= 0.6 is 0 Å². The van der Waals surface area contributed by atoms with Crippen molar-refractivity contribution in [3.8, 4) is 6.07 Å². The Hall–Kier alpha value is -1.73. The van der Waals surface area contributed by atoms with Crippen molar-refractivity contribution in [2.75, 3.05) is 36.8 Å². The van der Waals surface area contributed by atoms with Gasteiger partial charge in [-0.05, 0) is 44.5 Å². The number of likely N-dealkylation sites (tertiary alicyclic amines) is 1. The summed E-state index contributed by atoms with van der Waals surface area (Å²) < 4.78 is 0. The molecule has 4 heteroatoms. The van der Waals surface area contributed by atoms with E-state index < -0.39 is 0 Å². The number of rotatable bonds is 2. The summed E-state index contributed by atoms with van der Waals surface area (Å²) in [6, 6.07) is 8.56. The molecule has 1 aromatic carbocycles. The first kappa shape index (κ1) is 12.3. The highest BCUT2D eigenvalue weighted by Crippen LogP contribution is 2.31. The minimum absolute atomic E-state index is 0.585. The van der Waals surface area contributed by atoms with Crippen LogP contribution in [0, 0.1) is 11.3 Å². The predicted octanol–water partition coefficient (Wildman–Crippen LogP) is 1.81. The third-order valence-electron chi connectivity index (χ3n) is 4.36. The van der Waals surface area contributed by atoms with Crippen LogP contribution in [0.3, 0.4) is 0 Å². The van der Waals surface area contributed by atoms with Crippen LogP contribution in [0.4, 0.5) is 11.4 Å². The zero-order chi connectivity index (χ0) is 13.2. The Balaban J connectivity index is 1.76. The van der Waals surface area contributed by atoms with Gasteiger partial charge < -0.3 is 10.6 Å². The van der Waals surface area contributed by atoms with Crippen LogP contribution < -0.4 is 10.6 Å². The maximum atomic E-state index is 9.05. The van der Waals surface area contributed by atoms with Gasteiger partial charge in [0.25, 0.3) is 0 Å². The summed E-state index contributed by atoms with van der Waals surface area (Å²) in [7, 11) is 0. The second-order valence-corrected chi connectivity index (χ2v) is 5.48. The maximum Gasteiger partial charge on any atom is 0.101 e. The molecule has 0 saturated carbocycles. The van der Waals surface area contributed by atoms with Gasteiger partial charge in [0.05, 0.1) is 16.9 Å². The van der Waals surface area contributed by atoms with Crippen LogP contribution in [0.2, 0.25) is 0 Å². The van der Waals surface area contributed by atoms with E-state index in [2.05, 4.69) is 15.9 Å². The second kappa shape index (κ2) is 5.10. The second-order valence-electron chi connectivity index (χ2n) is 5.48. The fourth-order valence-corrected chi connectivity index (χ4v) is 3.29. The average molecular weight is 256 g/mol. The fourth-order valence-electron chi connectivity index (χ4n) is 3.29. The van der Waals surface area contributed by atoms with Crippen molar-refractivity contribution in [3.05, 3.63) is 23.8 Å². The van der Waals surface area contributed by atoms with Crippen molar-refractivity contribution in [3.63, 3.8) is 0 Å². The topological polar surface area (TPSA) is 56.3 Å². The van der Waals surface area contributed by atoms with E-state index in [1.165, 1.54) is 32.4 Å². The zero-order valence-electron chi connectivity index (χ0n) is 11.2. The SMILES string of the molecule is N#Cc1cccc(N2CCC(N3CCCC3)C2)c1N. The lowest BCUT2D eigenvalue weighted by Gasteiger charge is -2.25. The van der Waals surface area contributed by atoms with Gasteiger partial charge in [0, 0.05) is 19.1 Å². The van der Waals surface area contributed by atoms with Gasteiger partial charge in [0.1, 0.15) is 6.07 Å². The van der Waals surface area contributed by atoms with E-state index in [0.717, 1.165) is 18.8 Å². The van der Waals surface area contributed by atoms with Gasteiger partial charge in [0.15, 0.2) is 0 Å². The molecule has 4 nitrogen and oxygen atoms in total. The van der Waals surface area contributed by atoms with Crippen molar-refractivity contribution in [1.82, 2.24) is 4.90 Å². The Morgan fingerprint density at radius 1 is 1.21 bits per heavy atom. The number of nitrogens with two attached hydrogens (primary N) is 1. The molecule has 1 aromatic rings. The Kier molecular flexibility index (Phi) is 3.31. The molecule has 2 aliphatic rings. The van der Waals surface area contributed by atoms with Crippen LogP contribution in [0.1, 0.15) is 24.8 Å². The van der Waals surface area contributed by atoms with Gasteiger partial charge in [-0.2, -0.15) is 5.26 Å². The summed E-state index contributed by atoms with van der Waals surface area (Å²) in [5.74, 6) is 0. The number of para-hydroxylation sites is 1. The number of benzene rings is 1. The first-order chi connectivity index (χ1) is 9.29. The summed E-state index contributed by atoms with van der Waals surface area (Å²) in [5.41, 5.74) is 8.34. The largest absolute Gasteiger partial charge is 0.396 e. The van der Waals surface area contributed by atoms with Gasteiger partial charge in [-0.1, -0.05) is 6.07 Å². The van der Waals surface area contributed by atoms with Crippen molar-refractivity contribution < 1.29 is 0 Å². The number of nitrogens with zero attached hydrogens (tertiary/aromatic N) is 3. The molecule has 0 radical (unpaired) electrons. The lowest BCUT2D eigenvalue weighted by atomic mass is 10.1. The van der Waals surface area contributed by atoms with E-state index in [0.29, 0.717) is 17.3 Å². The smallest absolute Gasteiger partial charge is 0.101 e. The van der Waals surface area contributed by atoms with Gasteiger partial charge in [0.2, 0.25) is 0 Å². The van der Waals surface area contributed by atoms with Gasteiger partial charge in [-0.25, -0.2) is 0 Å². The molecule has 0 aromatic heterocycles. The Morgan fingerprint density at radius 3 is 2.74 bits per heavy atom. The molecule has 2 heterocycles. The molecule has 2 N–H and O–H groups in total. The Bertz CT molecular complexity index is 499. The maximum absolute atomic E-state index is 9.05. The highest BCUT2D eigenvalue weighted by molar-refractivity contribution is 5.74. The Labute approximate surface area is 114 Å². The number of nitrogen functional groups attached to an aromatic ring is 1. The van der Waals surface area contributed by atoms with E-state index in [1.54, 1.807) is 6.07 Å². The third kappa shape index (κ3) is 2.26. The molecule has 0 bridgehead atoms. The van der Waals surface area contributed by atoms with Crippen LogP contribution in [0.5, 0.6) is 0 Å². The molecule has 0 spiro atoms. The summed E-state index contributed by atoms with van der Waals surface area (Å²) in [4.78, 5) is 4.93. The van der Waals surface area contributed by atoms with Gasteiger partial charge in [-0.3, -0.25) is 4.90 Å². The van der Waals surface area contributed by atoms with Crippen molar-refractivity contribution >= 4 is 11.4 Å². The fraction of sp³-hybridized carbons (Fsp3) is 0.533. The molecule has 19 heavy (non-hydrogen) atoms. The van der Waals surface area contributed by atoms with E-state index in [1.807, 2.05) is 12.1 Å². The van der Waals surface area contributed by atoms with Crippen LogP contribution in [0.15, 0.2) is 18.2 Å². The van der Waals surface area contributed by atoms with Crippen molar-refractivity contribution in [1.29, 1.82) is 5.26 Å². The first-order valence-electron chi connectivity index (χ1n) is 7.07. The first-order valence-corrected chi connectivity index (χ1v) is 7.07. The number of hydrogen-bond acceptors (Lipinski definition) is 4. The summed E-state index contributed by atoms with van der Waals surface area (Å²) in [6.07, 6.45) is 3.88. The molecule has 2 saturated heterocycles. The Morgan fingerprint density at radius 2 is 2.00 bits per heavy atom. The summed E-state index contributed by atoms with van der Waals surface area (Å²) in [5, 5.41) is 9.05. The number of hydrogen-bond donors (Lipinski definition) is 1. The van der Waals surface area contributed by atoms with Crippen molar-refractivity contribution in [2.45, 2.75) is 25.3 Å². The minimum atomic E-state index is 0.585. The van der Waals surface area contributed by atoms with Gasteiger partial charge >= 0.3 is 0 Å². The molecule has 1 atom stereocenters. The monoisotopic (exact) mass is 256 g/mol. The molecular weight excluding hydrogens is 236 g/mol. The molecule has 3 rings (SSSR count). The number of nitriles is 1. The standard InChI is InChI=1S/C15H20N4/c16-10-12-4-3-5-14(15(12)17)19-9-6-13(11-19)18-7-1-2-8-18/h3-5,13H,1-2,6-9,11,17H2. The number of anilines is 2. The van der Waals surface area contributed by atoms with E-state index >= 15 is 0 Å². The van der Waals surface area contributed by atoms with E-state index in [-0.39, 0.29) is 0 Å². The normalized spacial score (nSPS) is 23.7. The quantitative estimate of drug-likeness (QED) is 0.820. The van der Waals surface area contributed by atoms with Gasteiger partial charge in [-0.15, -0.1) is 0 Å². The molecule has 100 valence electrons. The van der Waals surface area contributed by atoms with Crippen LogP contribution in [0.25, 0.3) is 0 Å². The highest BCUT2D eigenvalue weighted by Gasteiger charge is 2.30. The van der Waals surface area contributed by atoms with Crippen LogP contribution in [-0.2, 0) is 0 Å².